The molecule has 1 atom stereocenters. The lowest BCUT2D eigenvalue weighted by Crippen LogP contribution is -2.45. The van der Waals surface area contributed by atoms with Crippen molar-refractivity contribution < 1.29 is 19.1 Å². The molecule has 1 saturated heterocycles. The minimum absolute atomic E-state index is 0.00680. The number of likely N-dealkylation sites (tertiary alicyclic amines) is 1. The molecular formula is C19H26N2O4. The zero-order chi connectivity index (χ0) is 18.4. The van der Waals surface area contributed by atoms with Gasteiger partial charge in [0.1, 0.15) is 11.8 Å². The number of ketones is 1. The van der Waals surface area contributed by atoms with E-state index in [4.69, 9.17) is 4.74 Å². The monoisotopic (exact) mass is 346 g/mol. The molecule has 1 fully saturated rings. The van der Waals surface area contributed by atoms with Gasteiger partial charge in [-0.2, -0.15) is 0 Å². The summed E-state index contributed by atoms with van der Waals surface area (Å²) in [6, 6.07) is 6.65. The second kappa shape index (κ2) is 8.65. The van der Waals surface area contributed by atoms with E-state index in [1.54, 1.807) is 48.2 Å². The van der Waals surface area contributed by atoms with E-state index in [0.29, 0.717) is 37.3 Å². The summed E-state index contributed by atoms with van der Waals surface area (Å²) < 4.78 is 5.61. The van der Waals surface area contributed by atoms with Crippen molar-refractivity contribution in [3.8, 4) is 5.75 Å². The molecule has 1 aliphatic rings. The van der Waals surface area contributed by atoms with E-state index in [0.717, 1.165) is 12.8 Å². The number of benzene rings is 1. The lowest BCUT2D eigenvalue weighted by atomic mass is 10.1. The zero-order valence-electron chi connectivity index (χ0n) is 15.2. The molecule has 2 amide bonds. The van der Waals surface area contributed by atoms with Crippen molar-refractivity contribution in [1.29, 1.82) is 0 Å². The first-order valence-electron chi connectivity index (χ1n) is 8.64. The number of carbonyl (C=O) groups excluding carboxylic acids is 3. The molecule has 0 bridgehead atoms. The number of amides is 2. The molecule has 0 radical (unpaired) electrons. The predicted octanol–water partition coefficient (Wildman–Crippen LogP) is 2.13. The minimum atomic E-state index is -0.317. The van der Waals surface area contributed by atoms with Crippen molar-refractivity contribution >= 4 is 17.6 Å². The van der Waals surface area contributed by atoms with Crippen molar-refractivity contribution in [2.24, 2.45) is 0 Å². The fourth-order valence-electron chi connectivity index (χ4n) is 2.96. The highest BCUT2D eigenvalue weighted by Gasteiger charge is 2.34. The summed E-state index contributed by atoms with van der Waals surface area (Å²) in [6.45, 7) is 2.59. The van der Waals surface area contributed by atoms with Gasteiger partial charge >= 0.3 is 0 Å². The van der Waals surface area contributed by atoms with E-state index in [9.17, 15) is 14.4 Å². The lowest BCUT2D eigenvalue weighted by molar-refractivity contribution is -0.142. The molecule has 2 rings (SSSR count). The number of ether oxygens (including phenoxy) is 1. The molecule has 0 aromatic heterocycles. The van der Waals surface area contributed by atoms with Crippen molar-refractivity contribution in [3.63, 3.8) is 0 Å². The van der Waals surface area contributed by atoms with Crippen molar-refractivity contribution in [2.45, 2.75) is 38.6 Å². The van der Waals surface area contributed by atoms with E-state index in [-0.39, 0.29) is 23.6 Å². The molecule has 6 heteroatoms. The maximum atomic E-state index is 12.4. The Labute approximate surface area is 148 Å². The second-order valence-electron chi connectivity index (χ2n) is 6.51. The van der Waals surface area contributed by atoms with Crippen molar-refractivity contribution in [3.05, 3.63) is 29.8 Å². The fourth-order valence-corrected chi connectivity index (χ4v) is 2.96. The first kappa shape index (κ1) is 19.0. The number of Topliss-reactive ketones (excluding diaryl/α,β-unsaturated/α-hetero) is 1. The van der Waals surface area contributed by atoms with Crippen molar-refractivity contribution in [1.82, 2.24) is 9.80 Å². The van der Waals surface area contributed by atoms with Gasteiger partial charge in [-0.3, -0.25) is 14.4 Å². The molecule has 1 unspecified atom stereocenters. The smallest absolute Gasteiger partial charge is 0.244 e. The van der Waals surface area contributed by atoms with Crippen LogP contribution in [0.2, 0.25) is 0 Å². The summed E-state index contributed by atoms with van der Waals surface area (Å²) in [5.41, 5.74) is 0.646. The van der Waals surface area contributed by atoms with Crippen LogP contribution in [0, 0.1) is 0 Å². The number of carbonyl (C=O) groups is 3. The average molecular weight is 346 g/mol. The molecule has 0 N–H and O–H groups in total. The highest BCUT2D eigenvalue weighted by molar-refractivity contribution is 5.94. The van der Waals surface area contributed by atoms with Gasteiger partial charge in [-0.15, -0.1) is 0 Å². The van der Waals surface area contributed by atoms with Crippen LogP contribution in [0.5, 0.6) is 5.75 Å². The summed E-state index contributed by atoms with van der Waals surface area (Å²) >= 11 is 0. The molecule has 0 saturated carbocycles. The van der Waals surface area contributed by atoms with Gasteiger partial charge in [0.15, 0.2) is 5.78 Å². The van der Waals surface area contributed by atoms with Gasteiger partial charge in [-0.25, -0.2) is 0 Å². The van der Waals surface area contributed by atoms with E-state index in [1.807, 2.05) is 0 Å². The minimum Gasteiger partial charge on any atom is -0.494 e. The summed E-state index contributed by atoms with van der Waals surface area (Å²) in [5.74, 6) is 0.699. The molecule has 136 valence electrons. The third-order valence-corrected chi connectivity index (χ3v) is 4.36. The zero-order valence-corrected chi connectivity index (χ0v) is 15.2. The molecule has 0 spiro atoms. The Hall–Kier alpha value is -2.37. The molecule has 1 aromatic carbocycles. The molecule has 1 aliphatic heterocycles. The quantitative estimate of drug-likeness (QED) is 0.560. The van der Waals surface area contributed by atoms with Crippen LogP contribution >= 0.6 is 0 Å². The molecule has 0 aliphatic carbocycles. The Morgan fingerprint density at radius 3 is 2.48 bits per heavy atom. The summed E-state index contributed by atoms with van der Waals surface area (Å²) in [7, 11) is 3.43. The van der Waals surface area contributed by atoms with Crippen LogP contribution in [0.15, 0.2) is 24.3 Å². The summed E-state index contributed by atoms with van der Waals surface area (Å²) in [4.78, 5) is 39.0. The largest absolute Gasteiger partial charge is 0.494 e. The average Bonchev–Trinajstić information content (AvgIpc) is 3.07. The van der Waals surface area contributed by atoms with Crippen molar-refractivity contribution in [2.75, 3.05) is 27.2 Å². The Bertz CT molecular complexity index is 625. The van der Waals surface area contributed by atoms with Gasteiger partial charge < -0.3 is 14.5 Å². The number of hydrogen-bond acceptors (Lipinski definition) is 4. The summed E-state index contributed by atoms with van der Waals surface area (Å²) in [5, 5.41) is 0. The van der Waals surface area contributed by atoms with E-state index < -0.39 is 0 Å². The Kier molecular flexibility index (Phi) is 6.56. The van der Waals surface area contributed by atoms with Gasteiger partial charge in [0.2, 0.25) is 11.8 Å². The van der Waals surface area contributed by atoms with Crippen LogP contribution in [-0.2, 0) is 9.59 Å². The van der Waals surface area contributed by atoms with E-state index in [1.165, 1.54) is 6.92 Å². The Morgan fingerprint density at radius 2 is 1.88 bits per heavy atom. The maximum absolute atomic E-state index is 12.4. The summed E-state index contributed by atoms with van der Waals surface area (Å²) in [6.07, 6.45) is 2.56. The van der Waals surface area contributed by atoms with Gasteiger partial charge in [-0.05, 0) is 50.5 Å². The lowest BCUT2D eigenvalue weighted by Gasteiger charge is -2.26. The van der Waals surface area contributed by atoms with Gasteiger partial charge in [0.25, 0.3) is 0 Å². The van der Waals surface area contributed by atoms with Crippen LogP contribution in [0.3, 0.4) is 0 Å². The van der Waals surface area contributed by atoms with E-state index in [2.05, 4.69) is 0 Å². The highest BCUT2D eigenvalue weighted by atomic mass is 16.5. The van der Waals surface area contributed by atoms with Crippen LogP contribution in [-0.4, -0.2) is 60.7 Å². The molecule has 1 heterocycles. The maximum Gasteiger partial charge on any atom is 0.244 e. The molecule has 6 nitrogen and oxygen atoms in total. The third kappa shape index (κ3) is 5.05. The van der Waals surface area contributed by atoms with Gasteiger partial charge in [-0.1, -0.05) is 0 Å². The first-order valence-corrected chi connectivity index (χ1v) is 8.64. The van der Waals surface area contributed by atoms with Crippen LogP contribution < -0.4 is 4.74 Å². The standard InChI is InChI=1S/C19H26N2O4/c1-14(22)15-8-10-16(11-9-15)25-13-5-7-18(23)21-12-4-6-17(21)19(24)20(2)3/h8-11,17H,4-7,12-13H2,1-3H3. The highest BCUT2D eigenvalue weighted by Crippen LogP contribution is 2.20. The number of rotatable bonds is 7. The second-order valence-corrected chi connectivity index (χ2v) is 6.51. The fraction of sp³-hybridized carbons (Fsp3) is 0.526. The number of hydrogen-bond donors (Lipinski definition) is 0. The van der Waals surface area contributed by atoms with Gasteiger partial charge in [0.05, 0.1) is 6.61 Å². The normalized spacial score (nSPS) is 16.6. The SMILES string of the molecule is CC(=O)c1ccc(OCCCC(=O)N2CCCC2C(=O)N(C)C)cc1. The Balaban J connectivity index is 1.76. The van der Waals surface area contributed by atoms with Crippen LogP contribution in [0.4, 0.5) is 0 Å². The van der Waals surface area contributed by atoms with Crippen LogP contribution in [0.25, 0.3) is 0 Å². The van der Waals surface area contributed by atoms with E-state index >= 15 is 0 Å². The van der Waals surface area contributed by atoms with Crippen LogP contribution in [0.1, 0.15) is 43.0 Å². The predicted molar refractivity (Wildman–Crippen MR) is 94.6 cm³/mol. The first-order chi connectivity index (χ1) is 11.9. The number of nitrogens with zero attached hydrogens (tertiary/aromatic N) is 2. The topological polar surface area (TPSA) is 66.9 Å². The van der Waals surface area contributed by atoms with Gasteiger partial charge in [0, 0.05) is 32.6 Å². The molecule has 1 aromatic rings. The third-order valence-electron chi connectivity index (χ3n) is 4.36. The molecule has 25 heavy (non-hydrogen) atoms. The number of likely N-dealkylation sites (N-methyl/N-ethyl adjacent to an activating group) is 1. The molecular weight excluding hydrogens is 320 g/mol. The Morgan fingerprint density at radius 1 is 1.20 bits per heavy atom.